The second kappa shape index (κ2) is 8.63. The van der Waals surface area contributed by atoms with Crippen molar-refractivity contribution in [1.29, 1.82) is 0 Å². The van der Waals surface area contributed by atoms with Gasteiger partial charge in [0.1, 0.15) is 29.5 Å². The molecule has 13 heteroatoms. The smallest absolute Gasteiger partial charge is 0.455 e. The minimum atomic E-state index is -5.87. The molecule has 1 aromatic carbocycles. The van der Waals surface area contributed by atoms with Crippen molar-refractivity contribution in [2.45, 2.75) is 38.1 Å². The van der Waals surface area contributed by atoms with Gasteiger partial charge < -0.3 is 20.3 Å². The highest BCUT2D eigenvalue weighted by atomic mass is 19.4. The maximum Gasteiger partial charge on any atom is 0.455 e. The minimum absolute atomic E-state index is 0.0280. The van der Waals surface area contributed by atoms with Crippen molar-refractivity contribution in [1.82, 2.24) is 10.6 Å². The van der Waals surface area contributed by atoms with Gasteiger partial charge in [-0.3, -0.25) is 14.4 Å². The first kappa shape index (κ1) is 24.3. The molecule has 0 aliphatic carbocycles. The lowest BCUT2D eigenvalue weighted by Gasteiger charge is -2.25. The summed E-state index contributed by atoms with van der Waals surface area (Å²) in [6, 6.07) is 2.45. The Morgan fingerprint density at radius 2 is 1.81 bits per heavy atom. The van der Waals surface area contributed by atoms with Crippen LogP contribution in [0.25, 0.3) is 0 Å². The summed E-state index contributed by atoms with van der Waals surface area (Å²) in [6.07, 6.45) is -6.90. The fourth-order valence-corrected chi connectivity index (χ4v) is 2.73. The number of nitrogens with zero attached hydrogens (tertiary/aromatic N) is 1. The molecule has 31 heavy (non-hydrogen) atoms. The molecule has 0 fully saturated rings. The monoisotopic (exact) mass is 455 g/mol. The summed E-state index contributed by atoms with van der Waals surface area (Å²) in [5, 5.41) is 3.57. The van der Waals surface area contributed by atoms with Crippen molar-refractivity contribution in [2.75, 3.05) is 18.5 Å². The Balaban J connectivity index is 2.09. The van der Waals surface area contributed by atoms with E-state index in [1.165, 1.54) is 31.4 Å². The van der Waals surface area contributed by atoms with Crippen LogP contribution in [0.15, 0.2) is 18.2 Å². The Labute approximate surface area is 172 Å². The minimum Gasteiger partial charge on any atom is -0.486 e. The summed E-state index contributed by atoms with van der Waals surface area (Å²) in [6.45, 7) is 0.304. The van der Waals surface area contributed by atoms with Gasteiger partial charge in [0.15, 0.2) is 5.82 Å². The average molecular weight is 455 g/mol. The van der Waals surface area contributed by atoms with Gasteiger partial charge in [-0.1, -0.05) is 6.07 Å². The standard InChI is InChI=1S/C18H19F6N3O4/c1-8(14(28)25-7-17(20,21)18(22,23)24)15(29)26-12-9(2)31-11-6-4-5-10(19)13(11)27(3)16(12)30/h4-6,8-9,12H,7H2,1-3H3,(H,25,28)(H,26,29). The van der Waals surface area contributed by atoms with Crippen LogP contribution in [0.2, 0.25) is 0 Å². The Bertz CT molecular complexity index is 876. The zero-order valence-electron chi connectivity index (χ0n) is 16.5. The van der Waals surface area contributed by atoms with Crippen LogP contribution in [0.3, 0.4) is 0 Å². The molecule has 1 aromatic rings. The Morgan fingerprint density at radius 1 is 1.19 bits per heavy atom. The number of anilines is 1. The van der Waals surface area contributed by atoms with E-state index in [4.69, 9.17) is 4.74 Å². The van der Waals surface area contributed by atoms with Gasteiger partial charge in [-0.25, -0.2) is 4.39 Å². The SMILES string of the molecule is CC(C(=O)NCC(F)(F)C(F)(F)F)C(=O)NC1C(=O)N(C)c2c(F)cccc2OC1C. The number of likely N-dealkylation sites (N-methyl/N-ethyl adjacent to an activating group) is 1. The van der Waals surface area contributed by atoms with E-state index in [1.807, 2.05) is 0 Å². The third kappa shape index (κ3) is 5.02. The highest BCUT2D eigenvalue weighted by Crippen LogP contribution is 2.35. The molecule has 1 aliphatic heterocycles. The number of hydrogen-bond donors (Lipinski definition) is 2. The van der Waals surface area contributed by atoms with Crippen molar-refractivity contribution in [3.63, 3.8) is 0 Å². The topological polar surface area (TPSA) is 87.7 Å². The molecule has 0 radical (unpaired) electrons. The molecule has 3 amide bonds. The summed E-state index contributed by atoms with van der Waals surface area (Å²) in [5.74, 6) is -10.9. The highest BCUT2D eigenvalue weighted by molar-refractivity contribution is 6.04. The molecular weight excluding hydrogens is 436 g/mol. The van der Waals surface area contributed by atoms with Crippen LogP contribution in [0.1, 0.15) is 13.8 Å². The van der Waals surface area contributed by atoms with Gasteiger partial charge in [0, 0.05) is 7.05 Å². The molecular formula is C18H19F6N3O4. The second-order valence-corrected chi connectivity index (χ2v) is 6.93. The third-order valence-corrected chi connectivity index (χ3v) is 4.65. The van der Waals surface area contributed by atoms with Crippen LogP contribution in [-0.4, -0.2) is 55.6 Å². The lowest BCUT2D eigenvalue weighted by atomic mass is 10.1. The fraction of sp³-hybridized carbons (Fsp3) is 0.500. The first-order valence-electron chi connectivity index (χ1n) is 8.92. The number of halogens is 6. The molecule has 3 unspecified atom stereocenters. The van der Waals surface area contributed by atoms with E-state index in [2.05, 4.69) is 5.32 Å². The van der Waals surface area contributed by atoms with Gasteiger partial charge in [-0.05, 0) is 26.0 Å². The number of fused-ring (bicyclic) bond motifs is 1. The number of amides is 3. The maximum absolute atomic E-state index is 14.1. The quantitative estimate of drug-likeness (QED) is 0.525. The highest BCUT2D eigenvalue weighted by Gasteiger charge is 2.57. The van der Waals surface area contributed by atoms with Crippen molar-refractivity contribution < 1.29 is 45.5 Å². The van der Waals surface area contributed by atoms with Crippen molar-refractivity contribution in [2.24, 2.45) is 5.92 Å². The number of benzene rings is 1. The number of ether oxygens (including phenoxy) is 1. The molecule has 0 spiro atoms. The summed E-state index contributed by atoms with van der Waals surface area (Å²) in [7, 11) is 1.24. The van der Waals surface area contributed by atoms with E-state index in [-0.39, 0.29) is 11.4 Å². The average Bonchev–Trinajstić information content (AvgIpc) is 2.75. The number of carbonyl (C=O) groups is 3. The van der Waals surface area contributed by atoms with Crippen molar-refractivity contribution >= 4 is 23.4 Å². The van der Waals surface area contributed by atoms with Gasteiger partial charge in [-0.2, -0.15) is 22.0 Å². The molecule has 172 valence electrons. The van der Waals surface area contributed by atoms with Gasteiger partial charge in [0.05, 0.1) is 6.54 Å². The van der Waals surface area contributed by atoms with Crippen LogP contribution in [0.4, 0.5) is 32.0 Å². The van der Waals surface area contributed by atoms with E-state index in [0.717, 1.165) is 17.9 Å². The van der Waals surface area contributed by atoms with Gasteiger partial charge in [0.2, 0.25) is 11.8 Å². The molecule has 0 bridgehead atoms. The van der Waals surface area contributed by atoms with E-state index in [9.17, 15) is 40.7 Å². The van der Waals surface area contributed by atoms with Crippen LogP contribution >= 0.6 is 0 Å². The number of alkyl halides is 5. The molecule has 2 rings (SSSR count). The van der Waals surface area contributed by atoms with E-state index >= 15 is 0 Å². The lowest BCUT2D eigenvalue weighted by molar-refractivity contribution is -0.278. The fourth-order valence-electron chi connectivity index (χ4n) is 2.73. The number of nitrogens with one attached hydrogen (secondary N) is 2. The predicted octanol–water partition coefficient (Wildman–Crippen LogP) is 2.00. The number of para-hydroxylation sites is 1. The van der Waals surface area contributed by atoms with E-state index in [1.54, 1.807) is 0 Å². The van der Waals surface area contributed by atoms with Crippen LogP contribution in [0.5, 0.6) is 5.75 Å². The summed E-state index contributed by atoms with van der Waals surface area (Å²) < 4.78 is 82.1. The van der Waals surface area contributed by atoms with Gasteiger partial charge in [-0.15, -0.1) is 0 Å². The normalized spacial score (nSPS) is 20.3. The Hall–Kier alpha value is -2.99. The molecule has 0 saturated heterocycles. The zero-order valence-corrected chi connectivity index (χ0v) is 16.5. The first-order chi connectivity index (χ1) is 14.2. The summed E-state index contributed by atoms with van der Waals surface area (Å²) in [5.41, 5.74) is -0.170. The van der Waals surface area contributed by atoms with Gasteiger partial charge >= 0.3 is 12.1 Å². The lowest BCUT2D eigenvalue weighted by Crippen LogP contribution is -2.56. The third-order valence-electron chi connectivity index (χ3n) is 4.65. The first-order valence-corrected chi connectivity index (χ1v) is 8.92. The molecule has 3 atom stereocenters. The zero-order chi connectivity index (χ0) is 23.7. The number of rotatable bonds is 5. The van der Waals surface area contributed by atoms with Crippen molar-refractivity contribution in [3.05, 3.63) is 24.0 Å². The molecule has 0 aromatic heterocycles. The van der Waals surface area contributed by atoms with Crippen molar-refractivity contribution in [3.8, 4) is 5.75 Å². The van der Waals surface area contributed by atoms with E-state index in [0.29, 0.717) is 0 Å². The van der Waals surface area contributed by atoms with Gasteiger partial charge in [0.25, 0.3) is 5.91 Å². The number of carbonyl (C=O) groups excluding carboxylic acids is 3. The molecule has 1 aliphatic rings. The maximum atomic E-state index is 14.1. The molecule has 1 heterocycles. The molecule has 7 nitrogen and oxygen atoms in total. The van der Waals surface area contributed by atoms with Crippen LogP contribution in [0, 0.1) is 11.7 Å². The second-order valence-electron chi connectivity index (χ2n) is 6.93. The number of hydrogen-bond acceptors (Lipinski definition) is 4. The van der Waals surface area contributed by atoms with E-state index < -0.39 is 60.2 Å². The van der Waals surface area contributed by atoms with Crippen LogP contribution < -0.4 is 20.3 Å². The predicted molar refractivity (Wildman–Crippen MR) is 95.0 cm³/mol. The summed E-state index contributed by atoms with van der Waals surface area (Å²) in [4.78, 5) is 37.8. The van der Waals surface area contributed by atoms with Crippen LogP contribution in [-0.2, 0) is 14.4 Å². The Morgan fingerprint density at radius 3 is 2.39 bits per heavy atom. The Kier molecular flexibility index (Phi) is 6.76. The molecule has 2 N–H and O–H groups in total. The molecule has 0 saturated carbocycles. The summed E-state index contributed by atoms with van der Waals surface area (Å²) >= 11 is 0. The largest absolute Gasteiger partial charge is 0.486 e.